The quantitative estimate of drug-likeness (QED) is 0.582. The summed E-state index contributed by atoms with van der Waals surface area (Å²) < 4.78 is 38.7. The second-order valence-corrected chi connectivity index (χ2v) is 8.12. The smallest absolute Gasteiger partial charge is 0.418 e. The van der Waals surface area contributed by atoms with Crippen molar-refractivity contribution in [2.45, 2.75) is 32.6 Å². The Morgan fingerprint density at radius 2 is 1.66 bits per heavy atom. The van der Waals surface area contributed by atoms with Crippen molar-refractivity contribution in [3.8, 4) is 0 Å². The number of carboxylic acid groups (broad SMARTS) is 1. The molecule has 1 fully saturated rings. The lowest BCUT2D eigenvalue weighted by molar-refractivity contribution is -0.142. The van der Waals surface area contributed by atoms with Crippen LogP contribution in [0.5, 0.6) is 0 Å². The lowest BCUT2D eigenvalue weighted by Crippen LogP contribution is -2.30. The molecule has 0 aromatic heterocycles. The van der Waals surface area contributed by atoms with E-state index in [1.807, 2.05) is 0 Å². The zero-order valence-electron chi connectivity index (χ0n) is 17.9. The minimum atomic E-state index is -0.984. The molecule has 0 atom stereocenters. The molecule has 0 spiro atoms. The molecular weight excluding hydrogens is 420 g/mol. The van der Waals surface area contributed by atoms with Gasteiger partial charge in [-0.05, 0) is 80.3 Å². The van der Waals surface area contributed by atoms with Gasteiger partial charge in [-0.1, -0.05) is 12.1 Å². The number of nitrogens with zero attached hydrogens (tertiary/aromatic N) is 1. The molecule has 1 N–H and O–H groups in total. The third kappa shape index (κ3) is 6.50. The van der Waals surface area contributed by atoms with Gasteiger partial charge >= 0.3 is 12.1 Å². The van der Waals surface area contributed by atoms with Crippen LogP contribution in [0.15, 0.2) is 42.5 Å². The van der Waals surface area contributed by atoms with E-state index in [0.29, 0.717) is 18.1 Å². The molecule has 2 aromatic rings. The van der Waals surface area contributed by atoms with Crippen LogP contribution in [-0.4, -0.2) is 37.0 Å². The highest BCUT2D eigenvalue weighted by molar-refractivity contribution is 5.96. The molecule has 172 valence electrons. The molecule has 0 radical (unpaired) electrons. The number of hydrogen-bond acceptors (Lipinski definition) is 4. The number of hydrogen-bond donors (Lipinski definition) is 1. The number of carboxylic acids is 1. The van der Waals surface area contributed by atoms with E-state index < -0.39 is 23.7 Å². The van der Waals surface area contributed by atoms with Crippen LogP contribution < -0.4 is 4.90 Å². The number of carbonyl (C=O) groups excluding carboxylic acids is 1. The maximum Gasteiger partial charge on any atom is 0.418 e. The van der Waals surface area contributed by atoms with Gasteiger partial charge in [0.1, 0.15) is 18.2 Å². The third-order valence-corrected chi connectivity index (χ3v) is 5.65. The van der Waals surface area contributed by atoms with Gasteiger partial charge in [0.25, 0.3) is 0 Å². The van der Waals surface area contributed by atoms with Crippen LogP contribution in [0.4, 0.5) is 25.0 Å². The zero-order valence-corrected chi connectivity index (χ0v) is 17.9. The summed E-state index contributed by atoms with van der Waals surface area (Å²) in [6, 6.07) is 9.87. The van der Waals surface area contributed by atoms with Crippen LogP contribution in [0.3, 0.4) is 0 Å². The minimum Gasteiger partial charge on any atom is -0.480 e. The molecule has 1 aliphatic rings. The van der Waals surface area contributed by atoms with Crippen LogP contribution in [0.25, 0.3) is 0 Å². The number of carbonyl (C=O) groups is 2. The normalized spacial score (nSPS) is 18.2. The minimum absolute atomic E-state index is 0.166. The lowest BCUT2D eigenvalue weighted by Gasteiger charge is -2.29. The van der Waals surface area contributed by atoms with E-state index >= 15 is 0 Å². The van der Waals surface area contributed by atoms with Gasteiger partial charge < -0.3 is 14.6 Å². The Labute approximate surface area is 185 Å². The molecule has 0 bridgehead atoms. The van der Waals surface area contributed by atoms with Crippen LogP contribution in [0.1, 0.15) is 31.2 Å². The maximum atomic E-state index is 14.1. The van der Waals surface area contributed by atoms with Crippen LogP contribution in [0, 0.1) is 30.4 Å². The molecule has 1 amide bonds. The first-order valence-electron chi connectivity index (χ1n) is 10.6. The van der Waals surface area contributed by atoms with Gasteiger partial charge in [-0.2, -0.15) is 0 Å². The van der Waals surface area contributed by atoms with Crippen LogP contribution >= 0.6 is 0 Å². The second kappa shape index (κ2) is 11.0. The Morgan fingerprint density at radius 1 is 1.00 bits per heavy atom. The van der Waals surface area contributed by atoms with Crippen molar-refractivity contribution >= 4 is 23.4 Å². The van der Waals surface area contributed by atoms with Crippen molar-refractivity contribution in [3.05, 3.63) is 59.7 Å². The summed E-state index contributed by atoms with van der Waals surface area (Å²) in [7, 11) is 0. The molecule has 0 saturated heterocycles. The zero-order chi connectivity index (χ0) is 23.1. The summed E-state index contributed by atoms with van der Waals surface area (Å²) in [6.07, 6.45) is 2.67. The first kappa shape index (κ1) is 23.7. The highest BCUT2D eigenvalue weighted by Gasteiger charge is 2.25. The Kier molecular flexibility index (Phi) is 8.16. The molecule has 3 rings (SSSR count). The van der Waals surface area contributed by atoms with Crippen molar-refractivity contribution in [2.75, 3.05) is 24.7 Å². The first-order chi connectivity index (χ1) is 15.3. The number of aryl methyl sites for hydroxylation is 1. The van der Waals surface area contributed by atoms with E-state index in [4.69, 9.17) is 14.6 Å². The standard InChI is InChI=1S/C24H27F2NO5/c1-16-5-10-21(12-22(16)26)27(20-4-2-3-19(25)11-20)24(30)32-14-18-8-6-17(7-9-18)13-31-15-23(28)29/h2-5,10-12,17-18H,6-9,13-15H2,1H3,(H,28,29). The van der Waals surface area contributed by atoms with Gasteiger partial charge in [0.2, 0.25) is 0 Å². The van der Waals surface area contributed by atoms with E-state index in [9.17, 15) is 18.4 Å². The van der Waals surface area contributed by atoms with E-state index in [1.165, 1.54) is 24.3 Å². The summed E-state index contributed by atoms with van der Waals surface area (Å²) >= 11 is 0. The van der Waals surface area contributed by atoms with Gasteiger partial charge in [0.15, 0.2) is 0 Å². The van der Waals surface area contributed by atoms with Crippen molar-refractivity contribution in [1.29, 1.82) is 0 Å². The number of benzene rings is 2. The molecule has 32 heavy (non-hydrogen) atoms. The monoisotopic (exact) mass is 447 g/mol. The second-order valence-electron chi connectivity index (χ2n) is 8.12. The SMILES string of the molecule is Cc1ccc(N(C(=O)OCC2CCC(COCC(=O)O)CC2)c2cccc(F)c2)cc1F. The number of amides is 1. The first-order valence-corrected chi connectivity index (χ1v) is 10.6. The molecule has 2 aromatic carbocycles. The molecule has 0 heterocycles. The average Bonchev–Trinajstić information content (AvgIpc) is 2.76. The van der Waals surface area contributed by atoms with Crippen molar-refractivity contribution < 1.29 is 33.0 Å². The summed E-state index contributed by atoms with van der Waals surface area (Å²) in [5.41, 5.74) is 0.936. The fourth-order valence-electron chi connectivity index (χ4n) is 3.83. The number of rotatable bonds is 8. The van der Waals surface area contributed by atoms with E-state index in [2.05, 4.69) is 0 Å². The number of aliphatic carboxylic acids is 1. The lowest BCUT2D eigenvalue weighted by atomic mass is 9.83. The third-order valence-electron chi connectivity index (χ3n) is 5.65. The van der Waals surface area contributed by atoms with Gasteiger partial charge in [-0.25, -0.2) is 23.3 Å². The average molecular weight is 447 g/mol. The Morgan fingerprint density at radius 3 is 2.28 bits per heavy atom. The van der Waals surface area contributed by atoms with E-state index in [1.54, 1.807) is 25.1 Å². The van der Waals surface area contributed by atoms with Crippen LogP contribution in [0.2, 0.25) is 0 Å². The summed E-state index contributed by atoms with van der Waals surface area (Å²) in [6.45, 7) is 1.92. The molecule has 0 unspecified atom stereocenters. The molecular formula is C24H27F2NO5. The molecule has 6 nitrogen and oxygen atoms in total. The summed E-state index contributed by atoms with van der Waals surface area (Å²) in [5.74, 6) is -1.52. The fourth-order valence-corrected chi connectivity index (χ4v) is 3.83. The Hall–Kier alpha value is -3.00. The Balaban J connectivity index is 1.61. The largest absolute Gasteiger partial charge is 0.480 e. The highest BCUT2D eigenvalue weighted by Crippen LogP contribution is 2.31. The van der Waals surface area contributed by atoms with Gasteiger partial charge in [-0.3, -0.25) is 0 Å². The van der Waals surface area contributed by atoms with E-state index in [-0.39, 0.29) is 30.5 Å². The predicted molar refractivity (Wildman–Crippen MR) is 115 cm³/mol. The molecule has 1 aliphatic carbocycles. The maximum absolute atomic E-state index is 14.1. The fraction of sp³-hybridized carbons (Fsp3) is 0.417. The van der Waals surface area contributed by atoms with Crippen molar-refractivity contribution in [2.24, 2.45) is 11.8 Å². The molecule has 8 heteroatoms. The highest BCUT2D eigenvalue weighted by atomic mass is 19.1. The van der Waals surface area contributed by atoms with Gasteiger partial charge in [0, 0.05) is 0 Å². The number of halogens is 2. The van der Waals surface area contributed by atoms with Gasteiger partial charge in [0.05, 0.1) is 24.6 Å². The molecule has 1 saturated carbocycles. The summed E-state index contributed by atoms with van der Waals surface area (Å²) in [5, 5.41) is 8.64. The van der Waals surface area contributed by atoms with Crippen LogP contribution in [-0.2, 0) is 14.3 Å². The topological polar surface area (TPSA) is 76.1 Å². The van der Waals surface area contributed by atoms with Crippen molar-refractivity contribution in [1.82, 2.24) is 0 Å². The molecule has 0 aliphatic heterocycles. The number of ether oxygens (including phenoxy) is 2. The Bertz CT molecular complexity index is 944. The van der Waals surface area contributed by atoms with E-state index in [0.717, 1.165) is 30.6 Å². The number of anilines is 2. The van der Waals surface area contributed by atoms with Crippen molar-refractivity contribution in [3.63, 3.8) is 0 Å². The summed E-state index contributed by atoms with van der Waals surface area (Å²) in [4.78, 5) is 24.6. The van der Waals surface area contributed by atoms with Gasteiger partial charge in [-0.15, -0.1) is 0 Å². The predicted octanol–water partition coefficient (Wildman–Crippen LogP) is 5.46.